The van der Waals surface area contributed by atoms with Gasteiger partial charge < -0.3 is 9.64 Å². The van der Waals surface area contributed by atoms with E-state index in [0.717, 1.165) is 11.4 Å². The summed E-state index contributed by atoms with van der Waals surface area (Å²) in [5.74, 6) is 0.754. The van der Waals surface area contributed by atoms with E-state index in [1.807, 2.05) is 25.9 Å². The van der Waals surface area contributed by atoms with Crippen molar-refractivity contribution < 1.29 is 13.5 Å². The first-order valence-electron chi connectivity index (χ1n) is 7.98. The summed E-state index contributed by atoms with van der Waals surface area (Å²) in [6, 6.07) is 4.48. The molecule has 1 aromatic carbocycles. The van der Waals surface area contributed by atoms with Crippen LogP contribution in [-0.4, -0.2) is 39.1 Å². The van der Waals surface area contributed by atoms with E-state index in [0.29, 0.717) is 11.4 Å². The summed E-state index contributed by atoms with van der Waals surface area (Å²) in [7, 11) is 3.76. The topological polar surface area (TPSA) is 69.0 Å². The van der Waals surface area contributed by atoms with Gasteiger partial charge in [-0.2, -0.15) is 4.98 Å². The molecule has 0 saturated heterocycles. The number of benzene rings is 1. The summed E-state index contributed by atoms with van der Waals surface area (Å²) in [6.07, 6.45) is 0.585. The molecule has 0 atom stereocenters. The number of alkyl halides is 2. The van der Waals surface area contributed by atoms with Gasteiger partial charge in [0.15, 0.2) is 0 Å². The molecule has 2 heterocycles. The SMILES string of the molecule is Cc1cnc(OCc2cn(-c3ccc(Cl)c(C(F)F)c3)nn2)nc1N(C)C. The zero-order valence-corrected chi connectivity index (χ0v) is 15.7. The van der Waals surface area contributed by atoms with E-state index >= 15 is 0 Å². The third kappa shape index (κ3) is 4.30. The first-order chi connectivity index (χ1) is 12.8. The minimum absolute atomic E-state index is 0.00522. The summed E-state index contributed by atoms with van der Waals surface area (Å²) in [6.45, 7) is 2.00. The zero-order chi connectivity index (χ0) is 19.6. The molecule has 0 aliphatic heterocycles. The number of ether oxygens (including phenoxy) is 1. The van der Waals surface area contributed by atoms with Gasteiger partial charge in [-0.15, -0.1) is 5.10 Å². The number of hydrogen-bond donors (Lipinski definition) is 0. The lowest BCUT2D eigenvalue weighted by atomic mass is 10.2. The second-order valence-electron chi connectivity index (χ2n) is 6.00. The number of anilines is 1. The molecule has 0 unspecified atom stereocenters. The van der Waals surface area contributed by atoms with Gasteiger partial charge in [0.25, 0.3) is 6.43 Å². The van der Waals surface area contributed by atoms with Crippen LogP contribution in [0.1, 0.15) is 23.2 Å². The van der Waals surface area contributed by atoms with Gasteiger partial charge in [-0.1, -0.05) is 16.8 Å². The second-order valence-corrected chi connectivity index (χ2v) is 6.41. The van der Waals surface area contributed by atoms with Crippen molar-refractivity contribution in [3.63, 3.8) is 0 Å². The smallest absolute Gasteiger partial charge is 0.318 e. The predicted molar refractivity (Wildman–Crippen MR) is 96.8 cm³/mol. The van der Waals surface area contributed by atoms with Crippen molar-refractivity contribution in [1.29, 1.82) is 0 Å². The zero-order valence-electron chi connectivity index (χ0n) is 14.9. The minimum Gasteiger partial charge on any atom is -0.457 e. The van der Waals surface area contributed by atoms with Crippen LogP contribution in [-0.2, 0) is 6.61 Å². The van der Waals surface area contributed by atoms with Crippen LogP contribution in [0.2, 0.25) is 5.02 Å². The quantitative estimate of drug-likeness (QED) is 0.636. The van der Waals surface area contributed by atoms with Gasteiger partial charge in [0.05, 0.1) is 11.9 Å². The molecule has 3 aromatic rings. The standard InChI is InChI=1S/C17H17ClF2N6O/c1-10-7-21-17(22-16(10)25(2)3)27-9-11-8-26(24-23-11)12-4-5-14(18)13(6-12)15(19)20/h4-8,15H,9H2,1-3H3. The average Bonchev–Trinajstić information content (AvgIpc) is 3.10. The van der Waals surface area contributed by atoms with Gasteiger partial charge >= 0.3 is 6.01 Å². The Morgan fingerprint density at radius 1 is 1.30 bits per heavy atom. The van der Waals surface area contributed by atoms with E-state index in [4.69, 9.17) is 16.3 Å². The molecule has 2 aromatic heterocycles. The minimum atomic E-state index is -2.67. The van der Waals surface area contributed by atoms with Gasteiger partial charge in [-0.25, -0.2) is 18.4 Å². The Morgan fingerprint density at radius 2 is 2.07 bits per heavy atom. The highest BCUT2D eigenvalue weighted by Gasteiger charge is 2.14. The van der Waals surface area contributed by atoms with E-state index in [2.05, 4.69) is 20.3 Å². The van der Waals surface area contributed by atoms with E-state index in [1.165, 1.54) is 16.8 Å². The molecule has 0 bridgehead atoms. The van der Waals surface area contributed by atoms with Gasteiger partial charge in [-0.05, 0) is 25.1 Å². The molecule has 27 heavy (non-hydrogen) atoms. The fraction of sp³-hybridized carbons (Fsp3) is 0.294. The molecule has 0 fully saturated rings. The van der Waals surface area contributed by atoms with Crippen LogP contribution in [0.5, 0.6) is 6.01 Å². The average molecular weight is 395 g/mol. The van der Waals surface area contributed by atoms with Crippen molar-refractivity contribution in [2.45, 2.75) is 20.0 Å². The Kier molecular flexibility index (Phi) is 5.50. The highest BCUT2D eigenvalue weighted by molar-refractivity contribution is 6.31. The normalized spacial score (nSPS) is 11.1. The number of nitrogens with zero attached hydrogens (tertiary/aromatic N) is 6. The lowest BCUT2D eigenvalue weighted by Gasteiger charge is -2.14. The Bertz CT molecular complexity index is 947. The van der Waals surface area contributed by atoms with Crippen molar-refractivity contribution in [2.24, 2.45) is 0 Å². The van der Waals surface area contributed by atoms with Gasteiger partial charge in [0, 0.05) is 36.4 Å². The summed E-state index contributed by atoms with van der Waals surface area (Å²) >= 11 is 5.78. The molecule has 3 rings (SSSR count). The fourth-order valence-corrected chi connectivity index (χ4v) is 2.61. The number of rotatable bonds is 6. The lowest BCUT2D eigenvalue weighted by Crippen LogP contribution is -2.13. The van der Waals surface area contributed by atoms with Crippen LogP contribution in [0, 0.1) is 6.92 Å². The van der Waals surface area contributed by atoms with Gasteiger partial charge in [0.1, 0.15) is 18.1 Å². The molecule has 142 valence electrons. The van der Waals surface area contributed by atoms with Crippen LogP contribution < -0.4 is 9.64 Å². The van der Waals surface area contributed by atoms with Crippen LogP contribution in [0.4, 0.5) is 14.6 Å². The van der Waals surface area contributed by atoms with Crippen molar-refractivity contribution in [1.82, 2.24) is 25.0 Å². The summed E-state index contributed by atoms with van der Waals surface area (Å²) in [5.41, 5.74) is 1.59. The lowest BCUT2D eigenvalue weighted by molar-refractivity contribution is 0.151. The van der Waals surface area contributed by atoms with Crippen LogP contribution in [0.25, 0.3) is 5.69 Å². The molecule has 0 aliphatic carbocycles. The molecule has 7 nitrogen and oxygen atoms in total. The third-order valence-corrected chi connectivity index (χ3v) is 4.06. The molecule has 0 spiro atoms. The summed E-state index contributed by atoms with van der Waals surface area (Å²) in [4.78, 5) is 10.3. The van der Waals surface area contributed by atoms with Crippen molar-refractivity contribution in [3.05, 3.63) is 52.4 Å². The Balaban J connectivity index is 1.74. The number of aryl methyl sites for hydroxylation is 1. The number of hydrogen-bond acceptors (Lipinski definition) is 6. The first kappa shape index (κ1) is 19.0. The maximum Gasteiger partial charge on any atom is 0.318 e. The van der Waals surface area contributed by atoms with E-state index in [1.54, 1.807) is 18.5 Å². The molecule has 0 aliphatic rings. The van der Waals surface area contributed by atoms with Crippen LogP contribution >= 0.6 is 11.6 Å². The summed E-state index contributed by atoms with van der Waals surface area (Å²) < 4.78 is 32.9. The molecule has 10 heteroatoms. The molecule has 0 radical (unpaired) electrons. The van der Waals surface area contributed by atoms with Crippen LogP contribution in [0.3, 0.4) is 0 Å². The van der Waals surface area contributed by atoms with Gasteiger partial charge in [0.2, 0.25) is 0 Å². The predicted octanol–water partition coefficient (Wildman–Crippen LogP) is 3.60. The first-order valence-corrected chi connectivity index (χ1v) is 8.36. The van der Waals surface area contributed by atoms with Crippen molar-refractivity contribution in [3.8, 4) is 11.7 Å². The molecular formula is C17H17ClF2N6O. The number of aromatic nitrogens is 5. The molecule has 0 amide bonds. The van der Waals surface area contributed by atoms with Crippen molar-refractivity contribution >= 4 is 17.4 Å². The Hall–Kier alpha value is -2.81. The van der Waals surface area contributed by atoms with E-state index < -0.39 is 6.43 Å². The van der Waals surface area contributed by atoms with Crippen molar-refractivity contribution in [2.75, 3.05) is 19.0 Å². The largest absolute Gasteiger partial charge is 0.457 e. The molecular weight excluding hydrogens is 378 g/mol. The van der Waals surface area contributed by atoms with E-state index in [9.17, 15) is 8.78 Å². The molecule has 0 N–H and O–H groups in total. The van der Waals surface area contributed by atoms with Gasteiger partial charge in [-0.3, -0.25) is 0 Å². The highest BCUT2D eigenvalue weighted by Crippen LogP contribution is 2.28. The highest BCUT2D eigenvalue weighted by atomic mass is 35.5. The monoisotopic (exact) mass is 394 g/mol. The maximum atomic E-state index is 13.0. The van der Waals surface area contributed by atoms with E-state index in [-0.39, 0.29) is 23.2 Å². The third-order valence-electron chi connectivity index (χ3n) is 3.72. The van der Waals surface area contributed by atoms with Crippen LogP contribution in [0.15, 0.2) is 30.6 Å². The number of halogens is 3. The second kappa shape index (κ2) is 7.83. The molecule has 0 saturated carbocycles. The Morgan fingerprint density at radius 3 is 2.78 bits per heavy atom. The Labute approximate surface area is 159 Å². The summed E-state index contributed by atoms with van der Waals surface area (Å²) in [5, 5.41) is 7.92. The fourth-order valence-electron chi connectivity index (χ4n) is 2.41. The maximum absolute atomic E-state index is 13.0.